The zero-order chi connectivity index (χ0) is 11.4. The van der Waals surface area contributed by atoms with Gasteiger partial charge < -0.3 is 10.3 Å². The van der Waals surface area contributed by atoms with Crippen LogP contribution in [0.25, 0.3) is 0 Å². The molecule has 0 saturated carbocycles. The zero-order valence-corrected chi connectivity index (χ0v) is 9.86. The number of nitrogens with zero attached hydrogens (tertiary/aromatic N) is 2. The summed E-state index contributed by atoms with van der Waals surface area (Å²) < 4.78 is 0.402. The van der Waals surface area contributed by atoms with Gasteiger partial charge in [-0.1, -0.05) is 6.07 Å². The smallest absolute Gasteiger partial charge is 0.267 e. The molecule has 0 aliphatic rings. The Morgan fingerprint density at radius 3 is 3.12 bits per heavy atom. The van der Waals surface area contributed by atoms with Crippen molar-refractivity contribution in [1.82, 2.24) is 15.0 Å². The normalized spacial score (nSPS) is 10.1. The highest BCUT2D eigenvalue weighted by Crippen LogP contribution is 2.13. The number of nitrogens with one attached hydrogen (secondary N) is 2. The predicted molar refractivity (Wildman–Crippen MR) is 64.1 cm³/mol. The van der Waals surface area contributed by atoms with E-state index in [0.29, 0.717) is 16.8 Å². The monoisotopic (exact) mass is 280 g/mol. The van der Waals surface area contributed by atoms with Gasteiger partial charge in [-0.05, 0) is 27.6 Å². The molecule has 2 N–H and O–H groups in total. The molecule has 0 saturated heterocycles. The van der Waals surface area contributed by atoms with E-state index in [2.05, 4.69) is 36.2 Å². The van der Waals surface area contributed by atoms with Crippen molar-refractivity contribution in [3.8, 4) is 0 Å². The number of halogens is 1. The van der Waals surface area contributed by atoms with Gasteiger partial charge in [-0.3, -0.25) is 9.78 Å². The maximum Gasteiger partial charge on any atom is 0.267 e. The number of rotatable bonds is 3. The first-order valence-electron chi connectivity index (χ1n) is 4.63. The minimum atomic E-state index is -0.205. The maximum absolute atomic E-state index is 11.3. The van der Waals surface area contributed by atoms with E-state index in [1.54, 1.807) is 12.4 Å². The standard InChI is InChI=1S/C10H9BrN4O/c11-8-9(14-6-15-10(8)16)13-5-7-2-1-3-12-4-7/h1-4,6H,5H2,(H2,13,14,15,16). The van der Waals surface area contributed by atoms with E-state index in [1.807, 2.05) is 12.1 Å². The minimum Gasteiger partial charge on any atom is -0.365 e. The Bertz CT molecular complexity index is 526. The van der Waals surface area contributed by atoms with Crippen LogP contribution in [0.15, 0.2) is 40.1 Å². The summed E-state index contributed by atoms with van der Waals surface area (Å²) in [5, 5.41) is 3.05. The summed E-state index contributed by atoms with van der Waals surface area (Å²) in [7, 11) is 0. The molecule has 0 bridgehead atoms. The topological polar surface area (TPSA) is 70.7 Å². The summed E-state index contributed by atoms with van der Waals surface area (Å²) >= 11 is 3.17. The first-order chi connectivity index (χ1) is 7.77. The molecule has 0 aliphatic heterocycles. The van der Waals surface area contributed by atoms with Crippen LogP contribution in [-0.4, -0.2) is 15.0 Å². The number of H-pyrrole nitrogens is 1. The van der Waals surface area contributed by atoms with Crippen molar-refractivity contribution >= 4 is 21.7 Å². The van der Waals surface area contributed by atoms with Crippen LogP contribution in [0.2, 0.25) is 0 Å². The van der Waals surface area contributed by atoms with E-state index < -0.39 is 0 Å². The lowest BCUT2D eigenvalue weighted by Crippen LogP contribution is -2.12. The van der Waals surface area contributed by atoms with Crippen LogP contribution in [0.3, 0.4) is 0 Å². The Morgan fingerprint density at radius 2 is 2.38 bits per heavy atom. The second-order valence-electron chi connectivity index (χ2n) is 3.11. The van der Waals surface area contributed by atoms with Gasteiger partial charge in [0.2, 0.25) is 0 Å². The molecule has 5 nitrogen and oxygen atoms in total. The van der Waals surface area contributed by atoms with E-state index in [0.717, 1.165) is 5.56 Å². The van der Waals surface area contributed by atoms with E-state index in [9.17, 15) is 4.79 Å². The lowest BCUT2D eigenvalue weighted by atomic mass is 10.3. The number of aromatic nitrogens is 3. The molecule has 0 aliphatic carbocycles. The first kappa shape index (κ1) is 10.8. The Labute approximate surface area is 100 Å². The molecule has 0 spiro atoms. The van der Waals surface area contributed by atoms with Gasteiger partial charge >= 0.3 is 0 Å². The van der Waals surface area contributed by atoms with Crippen molar-refractivity contribution in [3.63, 3.8) is 0 Å². The Balaban J connectivity index is 2.11. The molecule has 6 heteroatoms. The van der Waals surface area contributed by atoms with Crippen molar-refractivity contribution in [1.29, 1.82) is 0 Å². The Kier molecular flexibility index (Phi) is 3.31. The van der Waals surface area contributed by atoms with Crippen molar-refractivity contribution in [2.75, 3.05) is 5.32 Å². The average Bonchev–Trinajstić information content (AvgIpc) is 2.32. The fourth-order valence-electron chi connectivity index (χ4n) is 1.19. The molecular formula is C10H9BrN4O. The van der Waals surface area contributed by atoms with Crippen LogP contribution in [-0.2, 0) is 6.54 Å². The number of hydrogen-bond donors (Lipinski definition) is 2. The third-order valence-corrected chi connectivity index (χ3v) is 2.71. The van der Waals surface area contributed by atoms with Crippen LogP contribution in [0, 0.1) is 0 Å². The van der Waals surface area contributed by atoms with Gasteiger partial charge in [0.25, 0.3) is 5.56 Å². The van der Waals surface area contributed by atoms with Crippen LogP contribution in [0.1, 0.15) is 5.56 Å². The van der Waals surface area contributed by atoms with Crippen molar-refractivity contribution in [2.45, 2.75) is 6.54 Å². The van der Waals surface area contributed by atoms with Gasteiger partial charge in [0.1, 0.15) is 10.3 Å². The van der Waals surface area contributed by atoms with Crippen molar-refractivity contribution < 1.29 is 0 Å². The highest BCUT2D eigenvalue weighted by molar-refractivity contribution is 9.10. The molecule has 0 fully saturated rings. The third-order valence-electron chi connectivity index (χ3n) is 1.98. The quantitative estimate of drug-likeness (QED) is 0.895. The molecule has 16 heavy (non-hydrogen) atoms. The lowest BCUT2D eigenvalue weighted by molar-refractivity contribution is 1.04. The molecule has 2 heterocycles. The summed E-state index contributed by atoms with van der Waals surface area (Å²) in [5.41, 5.74) is 0.820. The fraction of sp³-hybridized carbons (Fsp3) is 0.100. The minimum absolute atomic E-state index is 0.205. The van der Waals surface area contributed by atoms with Gasteiger partial charge in [0.15, 0.2) is 0 Å². The lowest BCUT2D eigenvalue weighted by Gasteiger charge is -2.05. The molecule has 2 aromatic rings. The molecular weight excluding hydrogens is 272 g/mol. The molecule has 82 valence electrons. The van der Waals surface area contributed by atoms with E-state index >= 15 is 0 Å². The van der Waals surface area contributed by atoms with Gasteiger partial charge in [0, 0.05) is 18.9 Å². The summed E-state index contributed by atoms with van der Waals surface area (Å²) in [6.07, 6.45) is 4.83. The van der Waals surface area contributed by atoms with Crippen molar-refractivity contribution in [3.05, 3.63) is 51.2 Å². The summed E-state index contributed by atoms with van der Waals surface area (Å²) in [6.45, 7) is 0.572. The summed E-state index contributed by atoms with van der Waals surface area (Å²) in [4.78, 5) is 21.7. The molecule has 0 radical (unpaired) electrons. The molecule has 0 atom stereocenters. The Hall–Kier alpha value is -1.69. The van der Waals surface area contributed by atoms with Crippen molar-refractivity contribution in [2.24, 2.45) is 0 Å². The maximum atomic E-state index is 11.3. The number of anilines is 1. The largest absolute Gasteiger partial charge is 0.365 e. The van der Waals surface area contributed by atoms with Gasteiger partial charge in [-0.15, -0.1) is 0 Å². The van der Waals surface area contributed by atoms with Gasteiger partial charge in [-0.25, -0.2) is 4.98 Å². The fourth-order valence-corrected chi connectivity index (χ4v) is 1.55. The first-order valence-corrected chi connectivity index (χ1v) is 5.42. The van der Waals surface area contributed by atoms with Gasteiger partial charge in [0.05, 0.1) is 6.33 Å². The molecule has 2 rings (SSSR count). The van der Waals surface area contributed by atoms with E-state index in [4.69, 9.17) is 0 Å². The molecule has 0 unspecified atom stereocenters. The number of pyridine rings is 1. The Morgan fingerprint density at radius 1 is 1.50 bits per heavy atom. The second-order valence-corrected chi connectivity index (χ2v) is 3.90. The predicted octanol–water partition coefficient (Wildman–Crippen LogP) is 1.54. The summed E-state index contributed by atoms with van der Waals surface area (Å²) in [6, 6.07) is 3.80. The number of aromatic amines is 1. The third kappa shape index (κ3) is 2.46. The average molecular weight is 281 g/mol. The molecule has 2 aromatic heterocycles. The second kappa shape index (κ2) is 4.89. The van der Waals surface area contributed by atoms with Crippen LogP contribution in [0.4, 0.5) is 5.82 Å². The van der Waals surface area contributed by atoms with Crippen LogP contribution < -0.4 is 10.9 Å². The number of hydrogen-bond acceptors (Lipinski definition) is 4. The highest BCUT2D eigenvalue weighted by Gasteiger charge is 2.04. The molecule has 0 amide bonds. The van der Waals surface area contributed by atoms with Crippen LogP contribution in [0.5, 0.6) is 0 Å². The zero-order valence-electron chi connectivity index (χ0n) is 8.27. The van der Waals surface area contributed by atoms with Crippen LogP contribution >= 0.6 is 15.9 Å². The highest BCUT2D eigenvalue weighted by atomic mass is 79.9. The summed E-state index contributed by atoms with van der Waals surface area (Å²) in [5.74, 6) is 0.521. The van der Waals surface area contributed by atoms with E-state index in [-0.39, 0.29) is 5.56 Å². The SMILES string of the molecule is O=c1[nH]cnc(NCc2cccnc2)c1Br. The van der Waals surface area contributed by atoms with Gasteiger partial charge in [-0.2, -0.15) is 0 Å². The molecule has 0 aromatic carbocycles. The van der Waals surface area contributed by atoms with E-state index in [1.165, 1.54) is 6.33 Å².